The summed E-state index contributed by atoms with van der Waals surface area (Å²) >= 11 is 0. The topological polar surface area (TPSA) is 83.1 Å². The summed E-state index contributed by atoms with van der Waals surface area (Å²) in [7, 11) is 1.57. The van der Waals surface area contributed by atoms with Gasteiger partial charge in [-0.3, -0.25) is 0 Å². The van der Waals surface area contributed by atoms with E-state index in [4.69, 9.17) is 9.15 Å². The van der Waals surface area contributed by atoms with Crippen molar-refractivity contribution in [3.8, 4) is 5.75 Å². The number of para-hydroxylation sites is 1. The Morgan fingerprint density at radius 1 is 1.21 bits per heavy atom. The Labute approximate surface area is 141 Å². The third kappa shape index (κ3) is 5.11. The lowest BCUT2D eigenvalue weighted by molar-refractivity contribution is 0.141. The fraction of sp³-hybridized carbons (Fsp3) is 0.316. The number of hydrogen-bond donors (Lipinski definition) is 3. The predicted octanol–water partition coefficient (Wildman–Crippen LogP) is 3.26. The third-order valence-electron chi connectivity index (χ3n) is 3.57. The molecule has 1 heterocycles. The van der Waals surface area contributed by atoms with Gasteiger partial charge in [0.25, 0.3) is 0 Å². The summed E-state index contributed by atoms with van der Waals surface area (Å²) < 4.78 is 10.3. The van der Waals surface area contributed by atoms with Crippen molar-refractivity contribution in [1.82, 2.24) is 0 Å². The molecule has 3 N–H and O–H groups in total. The van der Waals surface area contributed by atoms with Crippen molar-refractivity contribution < 1.29 is 24.5 Å². The zero-order valence-corrected chi connectivity index (χ0v) is 13.6. The number of benzene rings is 1. The van der Waals surface area contributed by atoms with Gasteiger partial charge in [0.15, 0.2) is 0 Å². The number of furan rings is 1. The molecule has 5 nitrogen and oxygen atoms in total. The van der Waals surface area contributed by atoms with Gasteiger partial charge in [0, 0.05) is 31.1 Å². The highest BCUT2D eigenvalue weighted by molar-refractivity contribution is 5.33. The van der Waals surface area contributed by atoms with E-state index in [9.17, 15) is 15.3 Å². The van der Waals surface area contributed by atoms with Gasteiger partial charge in [0.2, 0.25) is 0 Å². The fourth-order valence-corrected chi connectivity index (χ4v) is 2.36. The standard InChI is InChI=1S/C19H22O5/c1-23-13-14(12-18(22)19-10-5-11-24-19)6-4-9-17(21)15-7-2-3-8-16(15)20/h2-5,7-8,10-11,17-18,20-22H,9,12-13H2,1H3/t6?,17-,18-/m1/s1. The number of aliphatic hydroxyl groups is 2. The van der Waals surface area contributed by atoms with Gasteiger partial charge in [0.1, 0.15) is 17.6 Å². The summed E-state index contributed by atoms with van der Waals surface area (Å²) in [6, 6.07) is 10.1. The Bertz CT molecular complexity index is 684. The predicted molar refractivity (Wildman–Crippen MR) is 89.4 cm³/mol. The maximum absolute atomic E-state index is 10.1. The number of phenols is 1. The molecule has 0 aliphatic heterocycles. The van der Waals surface area contributed by atoms with Gasteiger partial charge in [0.05, 0.1) is 19.0 Å². The molecular weight excluding hydrogens is 308 g/mol. The van der Waals surface area contributed by atoms with Crippen LogP contribution in [0.15, 0.2) is 64.5 Å². The van der Waals surface area contributed by atoms with E-state index in [1.165, 1.54) is 12.3 Å². The van der Waals surface area contributed by atoms with Crippen LogP contribution in [0, 0.1) is 0 Å². The molecule has 128 valence electrons. The molecule has 2 rings (SSSR count). The van der Waals surface area contributed by atoms with E-state index in [-0.39, 0.29) is 5.75 Å². The van der Waals surface area contributed by atoms with Crippen LogP contribution in [0.1, 0.15) is 36.4 Å². The molecule has 0 fully saturated rings. The molecule has 0 radical (unpaired) electrons. The first kappa shape index (κ1) is 18.0. The average Bonchev–Trinajstić information content (AvgIpc) is 3.10. The maximum Gasteiger partial charge on any atom is 0.132 e. The second-order valence-electron chi connectivity index (χ2n) is 5.43. The highest BCUT2D eigenvalue weighted by atomic mass is 16.5. The van der Waals surface area contributed by atoms with Crippen molar-refractivity contribution in [3.05, 3.63) is 71.4 Å². The number of aliphatic hydroxyl groups excluding tert-OH is 2. The largest absolute Gasteiger partial charge is 0.508 e. The molecule has 0 aliphatic rings. The second kappa shape index (κ2) is 9.11. The molecule has 0 bridgehead atoms. The van der Waals surface area contributed by atoms with Crippen molar-refractivity contribution in [1.29, 1.82) is 0 Å². The van der Waals surface area contributed by atoms with Crippen LogP contribution in [0.2, 0.25) is 0 Å². The molecule has 0 spiro atoms. The van der Waals surface area contributed by atoms with Crippen LogP contribution in [0.4, 0.5) is 0 Å². The molecule has 5 heteroatoms. The number of methoxy groups -OCH3 is 1. The number of phenolic OH excluding ortho intramolecular Hbond substituents is 1. The highest BCUT2D eigenvalue weighted by Gasteiger charge is 2.13. The van der Waals surface area contributed by atoms with Gasteiger partial charge >= 0.3 is 0 Å². The minimum Gasteiger partial charge on any atom is -0.508 e. The summed E-state index contributed by atoms with van der Waals surface area (Å²) in [4.78, 5) is 0. The van der Waals surface area contributed by atoms with Gasteiger partial charge in [-0.1, -0.05) is 18.2 Å². The van der Waals surface area contributed by atoms with E-state index >= 15 is 0 Å². The molecule has 0 saturated heterocycles. The first-order chi connectivity index (χ1) is 11.6. The van der Waals surface area contributed by atoms with Crippen LogP contribution in [-0.4, -0.2) is 29.0 Å². The second-order valence-corrected chi connectivity index (χ2v) is 5.43. The fourth-order valence-electron chi connectivity index (χ4n) is 2.36. The SMILES string of the molecule is COCC(=C=CC[C@@H](O)c1ccccc1O)C[C@@H](O)c1ccco1. The van der Waals surface area contributed by atoms with Crippen molar-refractivity contribution in [3.63, 3.8) is 0 Å². The van der Waals surface area contributed by atoms with Crippen LogP contribution in [-0.2, 0) is 4.74 Å². The van der Waals surface area contributed by atoms with E-state index in [0.717, 1.165) is 5.57 Å². The summed E-state index contributed by atoms with van der Waals surface area (Å²) in [5.41, 5.74) is 4.28. The van der Waals surface area contributed by atoms with Crippen molar-refractivity contribution in [2.45, 2.75) is 25.0 Å². The van der Waals surface area contributed by atoms with Crippen LogP contribution in [0.25, 0.3) is 0 Å². The Morgan fingerprint density at radius 2 is 2.00 bits per heavy atom. The Kier molecular flexibility index (Phi) is 6.85. The van der Waals surface area contributed by atoms with Gasteiger partial charge in [-0.25, -0.2) is 0 Å². The van der Waals surface area contributed by atoms with Gasteiger partial charge in [-0.05, 0) is 24.3 Å². The van der Waals surface area contributed by atoms with Crippen molar-refractivity contribution >= 4 is 0 Å². The Hall–Kier alpha value is -2.30. The van der Waals surface area contributed by atoms with E-state index < -0.39 is 12.2 Å². The molecule has 1 aromatic heterocycles. The van der Waals surface area contributed by atoms with Crippen LogP contribution in [0.5, 0.6) is 5.75 Å². The van der Waals surface area contributed by atoms with Crippen LogP contribution in [0.3, 0.4) is 0 Å². The first-order valence-electron chi connectivity index (χ1n) is 7.71. The molecule has 0 unspecified atom stereocenters. The maximum atomic E-state index is 10.1. The zero-order chi connectivity index (χ0) is 17.4. The van der Waals surface area contributed by atoms with Crippen LogP contribution < -0.4 is 0 Å². The normalized spacial score (nSPS) is 13.1. The van der Waals surface area contributed by atoms with Gasteiger partial charge in [-0.15, -0.1) is 5.73 Å². The lowest BCUT2D eigenvalue weighted by atomic mass is 10.0. The van der Waals surface area contributed by atoms with Crippen molar-refractivity contribution in [2.75, 3.05) is 13.7 Å². The Balaban J connectivity index is 2.03. The third-order valence-corrected chi connectivity index (χ3v) is 3.57. The monoisotopic (exact) mass is 330 g/mol. The summed E-state index contributed by atoms with van der Waals surface area (Å²) in [6.45, 7) is 0.320. The van der Waals surface area contributed by atoms with Gasteiger partial charge < -0.3 is 24.5 Å². The molecule has 2 aromatic rings. The molecule has 0 saturated carbocycles. The Morgan fingerprint density at radius 3 is 2.67 bits per heavy atom. The number of rotatable bonds is 8. The zero-order valence-electron chi connectivity index (χ0n) is 13.6. The van der Waals surface area contributed by atoms with E-state index in [0.29, 0.717) is 30.8 Å². The molecular formula is C19H22O5. The first-order valence-corrected chi connectivity index (χ1v) is 7.71. The number of hydrogen-bond acceptors (Lipinski definition) is 5. The average molecular weight is 330 g/mol. The lowest BCUT2D eigenvalue weighted by Crippen LogP contribution is -2.02. The quantitative estimate of drug-likeness (QED) is 0.647. The van der Waals surface area contributed by atoms with E-state index in [1.807, 2.05) is 0 Å². The molecule has 0 aliphatic carbocycles. The number of ether oxygens (including phenoxy) is 1. The van der Waals surface area contributed by atoms with Crippen LogP contribution >= 0.6 is 0 Å². The summed E-state index contributed by atoms with van der Waals surface area (Å²) in [6.07, 6.45) is 2.22. The smallest absolute Gasteiger partial charge is 0.132 e. The van der Waals surface area contributed by atoms with E-state index in [2.05, 4.69) is 5.73 Å². The van der Waals surface area contributed by atoms with Gasteiger partial charge in [-0.2, -0.15) is 0 Å². The van der Waals surface area contributed by atoms with Crippen molar-refractivity contribution in [2.24, 2.45) is 0 Å². The molecule has 1 aromatic carbocycles. The summed E-state index contributed by atoms with van der Waals surface area (Å²) in [5.74, 6) is 0.549. The lowest BCUT2D eigenvalue weighted by Gasteiger charge is -2.10. The molecule has 2 atom stereocenters. The van der Waals surface area contributed by atoms with E-state index in [1.54, 1.807) is 43.5 Å². The number of aromatic hydroxyl groups is 1. The molecule has 24 heavy (non-hydrogen) atoms. The minimum absolute atomic E-state index is 0.0627. The minimum atomic E-state index is -0.822. The molecule has 0 amide bonds. The highest BCUT2D eigenvalue weighted by Crippen LogP contribution is 2.26. The summed E-state index contributed by atoms with van der Waals surface area (Å²) in [5, 5.41) is 30.0.